The Morgan fingerprint density at radius 2 is 1.76 bits per heavy atom. The molecule has 0 aromatic carbocycles. The molecule has 0 aromatic heterocycles. The van der Waals surface area contributed by atoms with Crippen molar-refractivity contribution >= 4 is 18.2 Å². The molecule has 2 nitrogen and oxygen atoms in total. The average molecular weight is 260 g/mol. The van der Waals surface area contributed by atoms with Gasteiger partial charge < -0.3 is 5.32 Å². The highest BCUT2D eigenvalue weighted by Crippen LogP contribution is 2.45. The van der Waals surface area contributed by atoms with Gasteiger partial charge in [0.1, 0.15) is 5.78 Å². The van der Waals surface area contributed by atoms with Crippen LogP contribution in [0, 0.1) is 11.3 Å². The predicted molar refractivity (Wildman–Crippen MR) is 73.7 cm³/mol. The Morgan fingerprint density at radius 1 is 1.18 bits per heavy atom. The molecular weight excluding hydrogens is 234 g/mol. The molecule has 1 aliphatic heterocycles. The second kappa shape index (κ2) is 6.75. The Kier molecular flexibility index (Phi) is 5.94. The van der Waals surface area contributed by atoms with Crippen LogP contribution in [0.15, 0.2) is 0 Å². The van der Waals surface area contributed by atoms with E-state index in [2.05, 4.69) is 5.32 Å². The van der Waals surface area contributed by atoms with Crippen LogP contribution in [0.2, 0.25) is 0 Å². The van der Waals surface area contributed by atoms with E-state index in [4.69, 9.17) is 0 Å². The number of nitrogens with one attached hydrogen (secondary N) is 1. The van der Waals surface area contributed by atoms with E-state index in [1.165, 1.54) is 32.1 Å². The number of ketones is 1. The maximum absolute atomic E-state index is 12.4. The summed E-state index contributed by atoms with van der Waals surface area (Å²) in [4.78, 5) is 12.4. The SMILES string of the molecule is CCC(=O)C1(C2CCCCC2)CCNCC1.Cl. The maximum atomic E-state index is 12.4. The molecule has 2 aliphatic rings. The van der Waals surface area contributed by atoms with Gasteiger partial charge in [0, 0.05) is 11.8 Å². The van der Waals surface area contributed by atoms with E-state index in [-0.39, 0.29) is 17.8 Å². The molecule has 1 N–H and O–H groups in total. The topological polar surface area (TPSA) is 29.1 Å². The van der Waals surface area contributed by atoms with Gasteiger partial charge in [0.15, 0.2) is 0 Å². The van der Waals surface area contributed by atoms with Gasteiger partial charge in [-0.15, -0.1) is 12.4 Å². The molecular formula is C14H26ClNO. The zero-order chi connectivity index (χ0) is 11.4. The maximum Gasteiger partial charge on any atom is 0.139 e. The molecule has 1 saturated heterocycles. The van der Waals surface area contributed by atoms with Crippen molar-refractivity contribution < 1.29 is 4.79 Å². The molecule has 0 bridgehead atoms. The van der Waals surface area contributed by atoms with Crippen molar-refractivity contribution in [2.45, 2.75) is 58.3 Å². The van der Waals surface area contributed by atoms with E-state index in [9.17, 15) is 4.79 Å². The normalized spacial score (nSPS) is 25.0. The molecule has 3 heteroatoms. The van der Waals surface area contributed by atoms with Gasteiger partial charge in [0.25, 0.3) is 0 Å². The number of hydrogen-bond donors (Lipinski definition) is 1. The minimum absolute atomic E-state index is 0. The van der Waals surface area contributed by atoms with Crippen LogP contribution in [0.4, 0.5) is 0 Å². The zero-order valence-corrected chi connectivity index (χ0v) is 11.8. The Balaban J connectivity index is 0.00000144. The van der Waals surface area contributed by atoms with Crippen LogP contribution in [0.1, 0.15) is 58.3 Å². The van der Waals surface area contributed by atoms with E-state index in [1.54, 1.807) is 0 Å². The molecule has 1 saturated carbocycles. The average Bonchev–Trinajstić information content (AvgIpc) is 2.39. The number of carbonyl (C=O) groups excluding carboxylic acids is 1. The van der Waals surface area contributed by atoms with Gasteiger partial charge >= 0.3 is 0 Å². The van der Waals surface area contributed by atoms with E-state index in [0.717, 1.165) is 32.4 Å². The van der Waals surface area contributed by atoms with Crippen molar-refractivity contribution in [3.8, 4) is 0 Å². The fraction of sp³-hybridized carbons (Fsp3) is 0.929. The third-order valence-corrected chi connectivity index (χ3v) is 4.76. The summed E-state index contributed by atoms with van der Waals surface area (Å²) in [6.07, 6.45) is 9.57. The van der Waals surface area contributed by atoms with Gasteiger partial charge in [-0.1, -0.05) is 26.2 Å². The molecule has 100 valence electrons. The minimum Gasteiger partial charge on any atom is -0.317 e. The van der Waals surface area contributed by atoms with Gasteiger partial charge in [-0.05, 0) is 44.7 Å². The molecule has 0 unspecified atom stereocenters. The number of carbonyl (C=O) groups is 1. The van der Waals surface area contributed by atoms with Gasteiger partial charge in [-0.3, -0.25) is 4.79 Å². The number of rotatable bonds is 3. The molecule has 1 heterocycles. The van der Waals surface area contributed by atoms with Gasteiger partial charge in [-0.25, -0.2) is 0 Å². The van der Waals surface area contributed by atoms with Crippen LogP contribution in [-0.4, -0.2) is 18.9 Å². The lowest BCUT2D eigenvalue weighted by atomic mass is 9.61. The van der Waals surface area contributed by atoms with Crippen molar-refractivity contribution in [2.75, 3.05) is 13.1 Å². The molecule has 2 fully saturated rings. The van der Waals surface area contributed by atoms with Gasteiger partial charge in [0.05, 0.1) is 0 Å². The fourth-order valence-electron chi connectivity index (χ4n) is 3.79. The zero-order valence-electron chi connectivity index (χ0n) is 11.0. The fourth-order valence-corrected chi connectivity index (χ4v) is 3.79. The highest BCUT2D eigenvalue weighted by molar-refractivity contribution is 5.85. The molecule has 2 rings (SSSR count). The van der Waals surface area contributed by atoms with Gasteiger partial charge in [0.2, 0.25) is 0 Å². The van der Waals surface area contributed by atoms with E-state index >= 15 is 0 Å². The molecule has 17 heavy (non-hydrogen) atoms. The number of Topliss-reactive ketones (excluding diaryl/α,β-unsaturated/α-hetero) is 1. The second-order valence-corrected chi connectivity index (χ2v) is 5.52. The lowest BCUT2D eigenvalue weighted by Gasteiger charge is -2.44. The standard InChI is InChI=1S/C14H25NO.ClH/c1-2-13(16)14(8-10-15-11-9-14)12-6-4-3-5-7-12;/h12,15H,2-11H2,1H3;1H. The number of piperidine rings is 1. The molecule has 0 atom stereocenters. The Hall–Kier alpha value is -0.0800. The summed E-state index contributed by atoms with van der Waals surface area (Å²) in [5, 5.41) is 3.41. The van der Waals surface area contributed by atoms with E-state index < -0.39 is 0 Å². The van der Waals surface area contributed by atoms with Crippen LogP contribution < -0.4 is 5.32 Å². The third-order valence-electron chi connectivity index (χ3n) is 4.76. The first-order chi connectivity index (χ1) is 7.79. The van der Waals surface area contributed by atoms with Crippen molar-refractivity contribution in [1.29, 1.82) is 0 Å². The third kappa shape index (κ3) is 3.03. The van der Waals surface area contributed by atoms with Crippen molar-refractivity contribution in [2.24, 2.45) is 11.3 Å². The lowest BCUT2D eigenvalue weighted by Crippen LogP contribution is -2.47. The van der Waals surface area contributed by atoms with Crippen LogP contribution >= 0.6 is 12.4 Å². The van der Waals surface area contributed by atoms with E-state index in [0.29, 0.717) is 11.7 Å². The van der Waals surface area contributed by atoms with Gasteiger partial charge in [-0.2, -0.15) is 0 Å². The summed E-state index contributed by atoms with van der Waals surface area (Å²) in [5.74, 6) is 1.23. The van der Waals surface area contributed by atoms with Crippen molar-refractivity contribution in [3.05, 3.63) is 0 Å². The summed E-state index contributed by atoms with van der Waals surface area (Å²) in [6, 6.07) is 0. The summed E-state index contributed by atoms with van der Waals surface area (Å²) >= 11 is 0. The summed E-state index contributed by atoms with van der Waals surface area (Å²) in [6.45, 7) is 4.12. The first-order valence-corrected chi connectivity index (χ1v) is 7.03. The first-order valence-electron chi connectivity index (χ1n) is 7.03. The lowest BCUT2D eigenvalue weighted by molar-refractivity contribution is -0.134. The highest BCUT2D eigenvalue weighted by atomic mass is 35.5. The Labute approximate surface area is 111 Å². The van der Waals surface area contributed by atoms with Crippen molar-refractivity contribution in [1.82, 2.24) is 5.32 Å². The monoisotopic (exact) mass is 259 g/mol. The largest absolute Gasteiger partial charge is 0.317 e. The molecule has 0 spiro atoms. The van der Waals surface area contributed by atoms with Crippen LogP contribution in [0.25, 0.3) is 0 Å². The van der Waals surface area contributed by atoms with Crippen LogP contribution in [0.3, 0.4) is 0 Å². The quantitative estimate of drug-likeness (QED) is 0.842. The smallest absolute Gasteiger partial charge is 0.139 e. The highest BCUT2D eigenvalue weighted by Gasteiger charge is 2.44. The second-order valence-electron chi connectivity index (χ2n) is 5.52. The molecule has 1 aliphatic carbocycles. The predicted octanol–water partition coefficient (Wildman–Crippen LogP) is 3.34. The van der Waals surface area contributed by atoms with Crippen LogP contribution in [-0.2, 0) is 4.79 Å². The summed E-state index contributed by atoms with van der Waals surface area (Å²) in [5.41, 5.74) is 0.0560. The molecule has 0 radical (unpaired) electrons. The van der Waals surface area contributed by atoms with Crippen molar-refractivity contribution in [3.63, 3.8) is 0 Å². The Morgan fingerprint density at radius 3 is 2.29 bits per heavy atom. The van der Waals surface area contributed by atoms with Crippen LogP contribution in [0.5, 0.6) is 0 Å². The molecule has 0 aromatic rings. The first kappa shape index (κ1) is 15.0. The molecule has 0 amide bonds. The number of halogens is 1. The number of hydrogen-bond acceptors (Lipinski definition) is 2. The summed E-state index contributed by atoms with van der Waals surface area (Å²) < 4.78 is 0. The summed E-state index contributed by atoms with van der Waals surface area (Å²) in [7, 11) is 0. The Bertz CT molecular complexity index is 243. The minimum atomic E-state index is 0. The van der Waals surface area contributed by atoms with E-state index in [1.807, 2.05) is 6.92 Å².